The molecule has 0 unspecified atom stereocenters. The molecule has 0 fully saturated rings. The van der Waals surface area contributed by atoms with Gasteiger partial charge in [0.25, 0.3) is 5.22 Å². The zero-order valence-corrected chi connectivity index (χ0v) is 10.4. The van der Waals surface area contributed by atoms with Gasteiger partial charge in [-0.15, -0.1) is 0 Å². The van der Waals surface area contributed by atoms with Gasteiger partial charge in [0.15, 0.2) is 5.82 Å². The van der Waals surface area contributed by atoms with Crippen molar-refractivity contribution in [2.75, 3.05) is 5.73 Å². The number of benzene rings is 1. The molecule has 2 aromatic heterocycles. The molecule has 3 aromatic rings. The summed E-state index contributed by atoms with van der Waals surface area (Å²) in [5.74, 6) is 0.384. The standard InChI is InChI=1S/C12H10N4OS/c1-7-6-17-12(14-7)18-11-10(13)15-8-4-2-3-5-9(8)16-11/h2-6H,1H3,(H2,13,15). The first-order valence-electron chi connectivity index (χ1n) is 5.34. The summed E-state index contributed by atoms with van der Waals surface area (Å²) in [5, 5.41) is 1.12. The molecule has 1 aromatic carbocycles. The van der Waals surface area contributed by atoms with Gasteiger partial charge in [0.05, 0.1) is 16.7 Å². The number of aryl methyl sites for hydroxylation is 1. The van der Waals surface area contributed by atoms with E-state index in [1.807, 2.05) is 31.2 Å². The summed E-state index contributed by atoms with van der Waals surface area (Å²) in [4.78, 5) is 13.0. The number of hydrogen-bond acceptors (Lipinski definition) is 6. The molecule has 0 radical (unpaired) electrons. The molecule has 6 heteroatoms. The lowest BCUT2D eigenvalue weighted by molar-refractivity contribution is 0.454. The highest BCUT2D eigenvalue weighted by Gasteiger charge is 2.10. The highest BCUT2D eigenvalue weighted by molar-refractivity contribution is 7.99. The number of fused-ring (bicyclic) bond motifs is 1. The molecular formula is C12H10N4OS. The maximum Gasteiger partial charge on any atom is 0.262 e. The van der Waals surface area contributed by atoms with Crippen LogP contribution < -0.4 is 5.73 Å². The van der Waals surface area contributed by atoms with Gasteiger partial charge in [-0.1, -0.05) is 12.1 Å². The SMILES string of the molecule is Cc1coc(Sc2nc3ccccc3nc2N)n1. The van der Waals surface area contributed by atoms with Gasteiger partial charge in [-0.05, 0) is 30.8 Å². The molecule has 2 N–H and O–H groups in total. The van der Waals surface area contributed by atoms with Crippen LogP contribution in [-0.2, 0) is 0 Å². The van der Waals surface area contributed by atoms with Crippen molar-refractivity contribution in [2.45, 2.75) is 17.2 Å². The zero-order valence-electron chi connectivity index (χ0n) is 9.62. The van der Waals surface area contributed by atoms with E-state index in [0.717, 1.165) is 16.7 Å². The molecule has 0 amide bonds. The van der Waals surface area contributed by atoms with Crippen LogP contribution in [0.15, 0.2) is 45.2 Å². The number of nitrogen functional groups attached to an aromatic ring is 1. The smallest absolute Gasteiger partial charge is 0.262 e. The van der Waals surface area contributed by atoms with Crippen molar-refractivity contribution >= 4 is 28.6 Å². The minimum atomic E-state index is 0.384. The Hall–Kier alpha value is -2.08. The number of para-hydroxylation sites is 2. The first-order valence-corrected chi connectivity index (χ1v) is 6.16. The second kappa shape index (κ2) is 4.30. The lowest BCUT2D eigenvalue weighted by Gasteiger charge is -2.03. The predicted octanol–water partition coefficient (Wildman–Crippen LogP) is 2.66. The van der Waals surface area contributed by atoms with Crippen molar-refractivity contribution in [1.82, 2.24) is 15.0 Å². The van der Waals surface area contributed by atoms with E-state index in [9.17, 15) is 0 Å². The molecule has 0 bridgehead atoms. The van der Waals surface area contributed by atoms with Crippen molar-refractivity contribution in [3.8, 4) is 0 Å². The number of hydrogen-bond donors (Lipinski definition) is 1. The number of anilines is 1. The van der Waals surface area contributed by atoms with Gasteiger partial charge in [-0.25, -0.2) is 15.0 Å². The van der Waals surface area contributed by atoms with Crippen LogP contribution in [0.5, 0.6) is 0 Å². The van der Waals surface area contributed by atoms with E-state index < -0.39 is 0 Å². The number of rotatable bonds is 2. The summed E-state index contributed by atoms with van der Waals surface area (Å²) in [6, 6.07) is 7.59. The molecule has 0 aliphatic rings. The fourth-order valence-corrected chi connectivity index (χ4v) is 2.28. The predicted molar refractivity (Wildman–Crippen MR) is 69.3 cm³/mol. The van der Waals surface area contributed by atoms with Gasteiger partial charge in [0, 0.05) is 0 Å². The van der Waals surface area contributed by atoms with E-state index in [0.29, 0.717) is 16.1 Å². The van der Waals surface area contributed by atoms with Crippen molar-refractivity contribution < 1.29 is 4.42 Å². The first-order chi connectivity index (χ1) is 8.72. The Morgan fingerprint density at radius 2 is 1.83 bits per heavy atom. The summed E-state index contributed by atoms with van der Waals surface area (Å²) < 4.78 is 5.26. The average Bonchev–Trinajstić information content (AvgIpc) is 2.76. The van der Waals surface area contributed by atoms with Crippen LogP contribution in [0.1, 0.15) is 5.69 Å². The maximum atomic E-state index is 5.88. The molecule has 18 heavy (non-hydrogen) atoms. The second-order valence-corrected chi connectivity index (χ2v) is 4.70. The lowest BCUT2D eigenvalue weighted by Crippen LogP contribution is -1.97. The van der Waals surface area contributed by atoms with Crippen LogP contribution in [0.4, 0.5) is 5.82 Å². The Labute approximate surface area is 107 Å². The van der Waals surface area contributed by atoms with Crippen molar-refractivity contribution in [3.05, 3.63) is 36.2 Å². The molecule has 5 nitrogen and oxygen atoms in total. The quantitative estimate of drug-likeness (QED) is 0.761. The highest BCUT2D eigenvalue weighted by Crippen LogP contribution is 2.30. The van der Waals surface area contributed by atoms with Crippen molar-refractivity contribution in [2.24, 2.45) is 0 Å². The zero-order chi connectivity index (χ0) is 12.5. The van der Waals surface area contributed by atoms with E-state index in [-0.39, 0.29) is 0 Å². The van der Waals surface area contributed by atoms with Gasteiger partial charge in [0.1, 0.15) is 11.3 Å². The number of nitrogens with two attached hydrogens (primary N) is 1. The third kappa shape index (κ3) is 2.02. The number of oxazole rings is 1. The Morgan fingerprint density at radius 1 is 1.11 bits per heavy atom. The van der Waals surface area contributed by atoms with Gasteiger partial charge < -0.3 is 10.2 Å². The molecule has 0 saturated heterocycles. The Kier molecular flexibility index (Phi) is 2.64. The molecule has 90 valence electrons. The molecule has 0 aliphatic heterocycles. The second-order valence-electron chi connectivity index (χ2n) is 3.76. The minimum Gasteiger partial charge on any atom is -0.439 e. The monoisotopic (exact) mass is 258 g/mol. The van der Waals surface area contributed by atoms with Gasteiger partial charge in [0.2, 0.25) is 0 Å². The van der Waals surface area contributed by atoms with Crippen LogP contribution >= 0.6 is 11.8 Å². The fraction of sp³-hybridized carbons (Fsp3) is 0.0833. The number of nitrogens with zero attached hydrogens (tertiary/aromatic N) is 3. The van der Waals surface area contributed by atoms with Gasteiger partial charge >= 0.3 is 0 Å². The molecule has 0 atom stereocenters. The molecule has 0 aliphatic carbocycles. The summed E-state index contributed by atoms with van der Waals surface area (Å²) in [6.45, 7) is 1.86. The average molecular weight is 258 g/mol. The third-order valence-electron chi connectivity index (χ3n) is 2.35. The van der Waals surface area contributed by atoms with Crippen LogP contribution in [0, 0.1) is 6.92 Å². The van der Waals surface area contributed by atoms with Crippen LogP contribution in [0.25, 0.3) is 11.0 Å². The summed E-state index contributed by atoms with van der Waals surface area (Å²) in [7, 11) is 0. The van der Waals surface area contributed by atoms with E-state index in [1.165, 1.54) is 11.8 Å². The topological polar surface area (TPSA) is 77.8 Å². The highest BCUT2D eigenvalue weighted by atomic mass is 32.2. The van der Waals surface area contributed by atoms with Crippen molar-refractivity contribution in [3.63, 3.8) is 0 Å². The normalized spacial score (nSPS) is 10.9. The largest absolute Gasteiger partial charge is 0.439 e. The van der Waals surface area contributed by atoms with Crippen LogP contribution in [0.3, 0.4) is 0 Å². The Bertz CT molecular complexity index is 710. The van der Waals surface area contributed by atoms with E-state index >= 15 is 0 Å². The van der Waals surface area contributed by atoms with E-state index in [4.69, 9.17) is 10.2 Å². The summed E-state index contributed by atoms with van der Waals surface area (Å²) in [5.41, 5.74) is 8.29. The maximum absolute atomic E-state index is 5.88. The minimum absolute atomic E-state index is 0.384. The van der Waals surface area contributed by atoms with Crippen LogP contribution in [-0.4, -0.2) is 15.0 Å². The Balaban J connectivity index is 2.03. The molecular weight excluding hydrogens is 248 g/mol. The Morgan fingerprint density at radius 3 is 2.50 bits per heavy atom. The fourth-order valence-electron chi connectivity index (χ4n) is 1.53. The number of aromatic nitrogens is 3. The van der Waals surface area contributed by atoms with E-state index in [1.54, 1.807) is 6.26 Å². The van der Waals surface area contributed by atoms with E-state index in [2.05, 4.69) is 15.0 Å². The van der Waals surface area contributed by atoms with Gasteiger partial charge in [-0.3, -0.25) is 0 Å². The molecule has 0 saturated carbocycles. The molecule has 2 heterocycles. The third-order valence-corrected chi connectivity index (χ3v) is 3.20. The molecule has 3 rings (SSSR count). The van der Waals surface area contributed by atoms with Crippen LogP contribution in [0.2, 0.25) is 0 Å². The van der Waals surface area contributed by atoms with Gasteiger partial charge in [-0.2, -0.15) is 0 Å². The lowest BCUT2D eigenvalue weighted by atomic mass is 10.3. The summed E-state index contributed by atoms with van der Waals surface area (Å²) >= 11 is 1.27. The molecule has 0 spiro atoms. The summed E-state index contributed by atoms with van der Waals surface area (Å²) in [6.07, 6.45) is 1.59. The van der Waals surface area contributed by atoms with Crippen molar-refractivity contribution in [1.29, 1.82) is 0 Å². The first kappa shape index (κ1) is 11.0.